The first-order valence-electron chi connectivity index (χ1n) is 10.5. The van der Waals surface area contributed by atoms with Gasteiger partial charge < -0.3 is 10.2 Å². The average Bonchev–Trinajstić information content (AvgIpc) is 3.18. The number of piperazine rings is 1. The Hall–Kier alpha value is -2.54. The van der Waals surface area contributed by atoms with Crippen LogP contribution in [0.3, 0.4) is 0 Å². The van der Waals surface area contributed by atoms with Crippen LogP contribution < -0.4 is 5.32 Å². The Morgan fingerprint density at radius 2 is 1.67 bits per heavy atom. The highest BCUT2D eigenvalue weighted by Crippen LogP contribution is 2.28. The van der Waals surface area contributed by atoms with Crippen molar-refractivity contribution in [1.29, 1.82) is 0 Å². The molecule has 1 saturated heterocycles. The Morgan fingerprint density at radius 3 is 2.33 bits per heavy atom. The molecule has 4 rings (SSSR count). The van der Waals surface area contributed by atoms with E-state index in [2.05, 4.69) is 39.2 Å². The van der Waals surface area contributed by atoms with E-state index in [1.165, 1.54) is 16.9 Å². The number of hydrogen-bond donors (Lipinski definition) is 1. The lowest BCUT2D eigenvalue weighted by Gasteiger charge is -2.34. The normalized spacial score (nSPS) is 15.3. The Labute approximate surface area is 182 Å². The van der Waals surface area contributed by atoms with Crippen LogP contribution >= 0.6 is 11.3 Å². The number of benzene rings is 2. The molecule has 3 aromatic rings. The molecule has 1 N–H and O–H groups in total. The van der Waals surface area contributed by atoms with E-state index in [0.29, 0.717) is 4.88 Å². The third-order valence-electron chi connectivity index (χ3n) is 5.55. The van der Waals surface area contributed by atoms with Crippen molar-refractivity contribution in [2.45, 2.75) is 20.4 Å². The van der Waals surface area contributed by atoms with Gasteiger partial charge in [-0.25, -0.2) is 4.98 Å². The molecule has 1 aliphatic rings. The predicted molar refractivity (Wildman–Crippen MR) is 124 cm³/mol. The van der Waals surface area contributed by atoms with Crippen molar-refractivity contribution >= 4 is 22.9 Å². The molecule has 0 atom stereocenters. The summed E-state index contributed by atoms with van der Waals surface area (Å²) in [6.07, 6.45) is 0. The third kappa shape index (κ3) is 4.95. The molecule has 1 fully saturated rings. The number of aryl methyl sites for hydroxylation is 1. The summed E-state index contributed by atoms with van der Waals surface area (Å²) in [4.78, 5) is 23.0. The van der Waals surface area contributed by atoms with Crippen LogP contribution in [0.25, 0.3) is 10.6 Å². The zero-order valence-electron chi connectivity index (χ0n) is 17.6. The molecule has 2 heterocycles. The zero-order chi connectivity index (χ0) is 20.9. The highest BCUT2D eigenvalue weighted by molar-refractivity contribution is 7.17. The summed E-state index contributed by atoms with van der Waals surface area (Å²) >= 11 is 1.43. The highest BCUT2D eigenvalue weighted by atomic mass is 32.1. The molecular formula is C24H28N4OS. The predicted octanol–water partition coefficient (Wildman–Crippen LogP) is 4.51. The van der Waals surface area contributed by atoms with Crippen molar-refractivity contribution in [3.8, 4) is 10.6 Å². The molecule has 2 aromatic carbocycles. The maximum absolute atomic E-state index is 12.8. The Morgan fingerprint density at radius 1 is 1.00 bits per heavy atom. The SMILES string of the molecule is CCN1CCN(Cc2ccc(NC(=O)c3sc(-c4ccccc4)nc3C)cc2)CC1. The second-order valence-electron chi connectivity index (χ2n) is 7.66. The van der Waals surface area contributed by atoms with Crippen LogP contribution in [-0.4, -0.2) is 53.4 Å². The van der Waals surface area contributed by atoms with Crippen LogP contribution in [0.15, 0.2) is 54.6 Å². The van der Waals surface area contributed by atoms with Crippen LogP contribution in [0.1, 0.15) is 27.9 Å². The summed E-state index contributed by atoms with van der Waals surface area (Å²) in [5, 5.41) is 3.89. The molecule has 0 saturated carbocycles. The van der Waals surface area contributed by atoms with Crippen LogP contribution in [0.2, 0.25) is 0 Å². The lowest BCUT2D eigenvalue weighted by Crippen LogP contribution is -2.45. The number of amides is 1. The number of likely N-dealkylation sites (N-methyl/N-ethyl adjacent to an activating group) is 1. The number of carbonyl (C=O) groups is 1. The first kappa shape index (κ1) is 20.7. The van der Waals surface area contributed by atoms with E-state index in [0.717, 1.165) is 61.2 Å². The number of rotatable bonds is 6. The van der Waals surface area contributed by atoms with Gasteiger partial charge in [0.2, 0.25) is 0 Å². The molecule has 30 heavy (non-hydrogen) atoms. The number of aromatic nitrogens is 1. The molecule has 0 spiro atoms. The van der Waals surface area contributed by atoms with Gasteiger partial charge in [-0.3, -0.25) is 9.69 Å². The largest absolute Gasteiger partial charge is 0.321 e. The molecule has 0 radical (unpaired) electrons. The second kappa shape index (κ2) is 9.51. The van der Waals surface area contributed by atoms with Crippen LogP contribution in [0.4, 0.5) is 5.69 Å². The van der Waals surface area contributed by atoms with E-state index >= 15 is 0 Å². The highest BCUT2D eigenvalue weighted by Gasteiger charge is 2.17. The van der Waals surface area contributed by atoms with Crippen molar-refractivity contribution in [2.24, 2.45) is 0 Å². The Kier molecular flexibility index (Phi) is 6.57. The lowest BCUT2D eigenvalue weighted by molar-refractivity contribution is 0.103. The fourth-order valence-electron chi connectivity index (χ4n) is 3.71. The topological polar surface area (TPSA) is 48.5 Å². The van der Waals surface area contributed by atoms with Crippen molar-refractivity contribution < 1.29 is 4.79 Å². The first-order chi connectivity index (χ1) is 14.6. The minimum absolute atomic E-state index is 0.101. The third-order valence-corrected chi connectivity index (χ3v) is 6.76. The number of thiazole rings is 1. The molecular weight excluding hydrogens is 392 g/mol. The molecule has 0 aliphatic carbocycles. The molecule has 1 amide bonds. The zero-order valence-corrected chi connectivity index (χ0v) is 18.4. The van der Waals surface area contributed by atoms with Crippen LogP contribution in [0, 0.1) is 6.92 Å². The lowest BCUT2D eigenvalue weighted by atomic mass is 10.1. The quantitative estimate of drug-likeness (QED) is 0.638. The minimum atomic E-state index is -0.101. The van der Waals surface area contributed by atoms with Gasteiger partial charge in [0, 0.05) is 44.0 Å². The van der Waals surface area contributed by atoms with Gasteiger partial charge in [-0.1, -0.05) is 49.4 Å². The molecule has 1 aliphatic heterocycles. The first-order valence-corrected chi connectivity index (χ1v) is 11.3. The number of nitrogens with zero attached hydrogens (tertiary/aromatic N) is 3. The van der Waals surface area contributed by atoms with E-state index in [-0.39, 0.29) is 5.91 Å². The van der Waals surface area contributed by atoms with E-state index in [1.807, 2.05) is 49.4 Å². The summed E-state index contributed by atoms with van der Waals surface area (Å²) < 4.78 is 0. The molecule has 1 aromatic heterocycles. The maximum Gasteiger partial charge on any atom is 0.267 e. The van der Waals surface area contributed by atoms with Crippen LogP contribution in [-0.2, 0) is 6.54 Å². The van der Waals surface area contributed by atoms with Crippen molar-refractivity contribution in [1.82, 2.24) is 14.8 Å². The fraction of sp³-hybridized carbons (Fsp3) is 0.333. The van der Waals surface area contributed by atoms with Gasteiger partial charge >= 0.3 is 0 Å². The summed E-state index contributed by atoms with van der Waals surface area (Å²) in [5.74, 6) is -0.101. The Bertz CT molecular complexity index is 976. The van der Waals surface area contributed by atoms with Crippen molar-refractivity contribution in [2.75, 3.05) is 38.0 Å². The number of carbonyl (C=O) groups excluding carboxylic acids is 1. The second-order valence-corrected chi connectivity index (χ2v) is 8.66. The standard InChI is InChI=1S/C24H28N4OS/c1-3-27-13-15-28(16-14-27)17-19-9-11-21(12-10-19)26-23(29)22-18(2)25-24(30-22)20-7-5-4-6-8-20/h4-12H,3,13-17H2,1-2H3,(H,26,29). The maximum atomic E-state index is 12.8. The number of hydrogen-bond acceptors (Lipinski definition) is 5. The van der Waals surface area contributed by atoms with Gasteiger partial charge in [-0.2, -0.15) is 0 Å². The van der Waals surface area contributed by atoms with E-state index in [4.69, 9.17) is 0 Å². The number of nitrogens with one attached hydrogen (secondary N) is 1. The average molecular weight is 421 g/mol. The van der Waals surface area contributed by atoms with E-state index in [9.17, 15) is 4.79 Å². The summed E-state index contributed by atoms with van der Waals surface area (Å²) in [6, 6.07) is 18.2. The van der Waals surface area contributed by atoms with Crippen molar-refractivity contribution in [3.05, 3.63) is 70.7 Å². The monoisotopic (exact) mass is 420 g/mol. The van der Waals surface area contributed by atoms with Gasteiger partial charge in [-0.05, 0) is 31.2 Å². The van der Waals surface area contributed by atoms with Gasteiger partial charge in [-0.15, -0.1) is 11.3 Å². The van der Waals surface area contributed by atoms with Gasteiger partial charge in [0.05, 0.1) is 5.69 Å². The van der Waals surface area contributed by atoms with Gasteiger partial charge in [0.25, 0.3) is 5.91 Å². The Balaban J connectivity index is 1.37. The summed E-state index contributed by atoms with van der Waals surface area (Å²) in [7, 11) is 0. The molecule has 0 unspecified atom stereocenters. The molecule has 156 valence electrons. The van der Waals surface area contributed by atoms with Crippen LogP contribution in [0.5, 0.6) is 0 Å². The van der Waals surface area contributed by atoms with E-state index in [1.54, 1.807) is 0 Å². The summed E-state index contributed by atoms with van der Waals surface area (Å²) in [5.41, 5.74) is 3.89. The molecule has 5 nitrogen and oxygen atoms in total. The smallest absolute Gasteiger partial charge is 0.267 e. The van der Waals surface area contributed by atoms with Gasteiger partial charge in [0.1, 0.15) is 9.88 Å². The van der Waals surface area contributed by atoms with Crippen molar-refractivity contribution in [3.63, 3.8) is 0 Å². The molecule has 6 heteroatoms. The minimum Gasteiger partial charge on any atom is -0.321 e. The summed E-state index contributed by atoms with van der Waals surface area (Å²) in [6.45, 7) is 10.7. The fourth-order valence-corrected chi connectivity index (χ4v) is 4.68. The van der Waals surface area contributed by atoms with E-state index < -0.39 is 0 Å². The molecule has 0 bridgehead atoms. The number of anilines is 1. The van der Waals surface area contributed by atoms with Gasteiger partial charge in [0.15, 0.2) is 0 Å².